The lowest BCUT2D eigenvalue weighted by molar-refractivity contribution is -0.143. The number of hydrogen-bond donors (Lipinski definition) is 2. The zero-order valence-electron chi connectivity index (χ0n) is 10.4. The van der Waals surface area contributed by atoms with Crippen LogP contribution in [0.5, 0.6) is 0 Å². The van der Waals surface area contributed by atoms with E-state index in [4.69, 9.17) is 5.11 Å². The number of carbonyl (C=O) groups is 1. The second kappa shape index (κ2) is 4.88. The first-order valence-electron chi connectivity index (χ1n) is 6.10. The molecule has 2 rings (SSSR count). The van der Waals surface area contributed by atoms with Gasteiger partial charge in [0.05, 0.1) is 5.92 Å². The Kier molecular flexibility index (Phi) is 3.48. The predicted octanol–water partition coefficient (Wildman–Crippen LogP) is 2.43. The summed E-state index contributed by atoms with van der Waals surface area (Å²) in [7, 11) is 0. The number of aryl methyl sites for hydroxylation is 2. The molecular formula is C14H19NO2. The molecule has 0 amide bonds. The number of piperidine rings is 1. The van der Waals surface area contributed by atoms with Crippen LogP contribution in [0.3, 0.4) is 0 Å². The Labute approximate surface area is 102 Å². The fourth-order valence-corrected chi connectivity index (χ4v) is 2.61. The molecule has 1 saturated heterocycles. The van der Waals surface area contributed by atoms with Crippen LogP contribution in [-0.2, 0) is 4.79 Å². The highest BCUT2D eigenvalue weighted by Gasteiger charge is 2.27. The molecule has 1 heterocycles. The summed E-state index contributed by atoms with van der Waals surface area (Å²) in [6.45, 7) is 4.94. The highest BCUT2D eigenvalue weighted by atomic mass is 16.4. The molecule has 0 radical (unpaired) electrons. The lowest BCUT2D eigenvalue weighted by atomic mass is 9.88. The van der Waals surface area contributed by atoms with Gasteiger partial charge in [-0.25, -0.2) is 0 Å². The summed E-state index contributed by atoms with van der Waals surface area (Å²) in [5, 5.41) is 12.5. The van der Waals surface area contributed by atoms with Crippen molar-refractivity contribution in [2.24, 2.45) is 5.92 Å². The van der Waals surface area contributed by atoms with Crippen LogP contribution >= 0.6 is 0 Å². The number of hydrogen-bond acceptors (Lipinski definition) is 2. The van der Waals surface area contributed by atoms with E-state index in [1.165, 1.54) is 16.7 Å². The molecule has 0 aliphatic carbocycles. The Bertz CT molecular complexity index is 408. The Balaban J connectivity index is 2.18. The molecule has 2 N–H and O–H groups in total. The third-order valence-corrected chi connectivity index (χ3v) is 3.40. The zero-order valence-corrected chi connectivity index (χ0v) is 10.4. The molecule has 17 heavy (non-hydrogen) atoms. The van der Waals surface area contributed by atoms with Crippen LogP contribution in [0.1, 0.15) is 35.6 Å². The van der Waals surface area contributed by atoms with E-state index in [1.807, 2.05) is 0 Å². The smallest absolute Gasteiger partial charge is 0.306 e. The summed E-state index contributed by atoms with van der Waals surface area (Å²) in [6, 6.07) is 6.62. The van der Waals surface area contributed by atoms with Crippen molar-refractivity contribution in [1.29, 1.82) is 0 Å². The first-order chi connectivity index (χ1) is 8.06. The van der Waals surface area contributed by atoms with E-state index < -0.39 is 5.97 Å². The van der Waals surface area contributed by atoms with E-state index in [9.17, 15) is 4.79 Å². The minimum Gasteiger partial charge on any atom is -0.481 e. The molecule has 92 valence electrons. The Hall–Kier alpha value is -1.35. The average molecular weight is 233 g/mol. The summed E-state index contributed by atoms with van der Waals surface area (Å²) in [6.07, 6.45) is 1.43. The van der Waals surface area contributed by atoms with Crippen LogP contribution in [0.25, 0.3) is 0 Å². The number of carboxylic acids is 1. The largest absolute Gasteiger partial charge is 0.481 e. The number of rotatable bonds is 2. The monoisotopic (exact) mass is 233 g/mol. The van der Waals surface area contributed by atoms with E-state index in [-0.39, 0.29) is 12.0 Å². The molecule has 1 aromatic rings. The van der Waals surface area contributed by atoms with Crippen LogP contribution in [0.2, 0.25) is 0 Å². The van der Waals surface area contributed by atoms with Gasteiger partial charge in [0.2, 0.25) is 0 Å². The summed E-state index contributed by atoms with van der Waals surface area (Å²) >= 11 is 0. The van der Waals surface area contributed by atoms with Crippen molar-refractivity contribution in [3.63, 3.8) is 0 Å². The second-order valence-electron chi connectivity index (χ2n) is 4.99. The highest BCUT2D eigenvalue weighted by Crippen LogP contribution is 2.28. The topological polar surface area (TPSA) is 49.3 Å². The Morgan fingerprint density at radius 2 is 1.94 bits per heavy atom. The molecule has 1 aliphatic rings. The van der Waals surface area contributed by atoms with Gasteiger partial charge in [-0.2, -0.15) is 0 Å². The molecule has 0 aromatic heterocycles. The molecule has 1 fully saturated rings. The van der Waals surface area contributed by atoms with Crippen molar-refractivity contribution in [2.45, 2.75) is 32.7 Å². The van der Waals surface area contributed by atoms with Gasteiger partial charge in [-0.3, -0.25) is 4.79 Å². The molecule has 2 unspecified atom stereocenters. The summed E-state index contributed by atoms with van der Waals surface area (Å²) in [4.78, 5) is 11.0. The molecule has 2 atom stereocenters. The summed E-state index contributed by atoms with van der Waals surface area (Å²) < 4.78 is 0. The molecule has 0 saturated carbocycles. The second-order valence-corrected chi connectivity index (χ2v) is 4.99. The molecular weight excluding hydrogens is 214 g/mol. The molecule has 0 bridgehead atoms. The van der Waals surface area contributed by atoms with Crippen LogP contribution in [0, 0.1) is 19.8 Å². The van der Waals surface area contributed by atoms with Gasteiger partial charge in [0.25, 0.3) is 0 Å². The minimum atomic E-state index is -0.666. The first-order valence-corrected chi connectivity index (χ1v) is 6.10. The number of nitrogens with one attached hydrogen (secondary N) is 1. The number of aliphatic carboxylic acids is 1. The van der Waals surface area contributed by atoms with Crippen LogP contribution < -0.4 is 5.32 Å². The average Bonchev–Trinajstić information content (AvgIpc) is 2.28. The van der Waals surface area contributed by atoms with Crippen molar-refractivity contribution < 1.29 is 9.90 Å². The van der Waals surface area contributed by atoms with E-state index in [0.717, 1.165) is 13.0 Å². The molecule has 3 heteroatoms. The maximum absolute atomic E-state index is 11.0. The third kappa shape index (κ3) is 2.86. The van der Waals surface area contributed by atoms with Crippen molar-refractivity contribution >= 4 is 5.97 Å². The zero-order chi connectivity index (χ0) is 12.4. The van der Waals surface area contributed by atoms with Crippen molar-refractivity contribution in [3.05, 3.63) is 34.9 Å². The van der Waals surface area contributed by atoms with Gasteiger partial charge >= 0.3 is 5.97 Å². The molecule has 1 aliphatic heterocycles. The Morgan fingerprint density at radius 1 is 1.29 bits per heavy atom. The van der Waals surface area contributed by atoms with Gasteiger partial charge < -0.3 is 10.4 Å². The van der Waals surface area contributed by atoms with E-state index in [2.05, 4.69) is 37.4 Å². The van der Waals surface area contributed by atoms with Crippen LogP contribution in [0.4, 0.5) is 0 Å². The SMILES string of the molecule is Cc1cc(C)cc(C2CC(C(=O)O)CCN2)c1. The van der Waals surface area contributed by atoms with Gasteiger partial charge in [-0.15, -0.1) is 0 Å². The number of benzene rings is 1. The van der Waals surface area contributed by atoms with E-state index in [1.54, 1.807) is 0 Å². The Morgan fingerprint density at radius 3 is 2.53 bits per heavy atom. The van der Waals surface area contributed by atoms with Gasteiger partial charge in [0.15, 0.2) is 0 Å². The van der Waals surface area contributed by atoms with Crippen molar-refractivity contribution in [2.75, 3.05) is 6.54 Å². The fourth-order valence-electron chi connectivity index (χ4n) is 2.61. The number of carboxylic acid groups (broad SMARTS) is 1. The van der Waals surface area contributed by atoms with Crippen LogP contribution in [0.15, 0.2) is 18.2 Å². The molecule has 1 aromatic carbocycles. The highest BCUT2D eigenvalue weighted by molar-refractivity contribution is 5.70. The lowest BCUT2D eigenvalue weighted by Crippen LogP contribution is -2.34. The third-order valence-electron chi connectivity index (χ3n) is 3.40. The molecule has 0 spiro atoms. The first kappa shape index (κ1) is 12.1. The van der Waals surface area contributed by atoms with E-state index >= 15 is 0 Å². The summed E-state index contributed by atoms with van der Waals surface area (Å²) in [5.74, 6) is -0.872. The quantitative estimate of drug-likeness (QED) is 0.824. The van der Waals surface area contributed by atoms with Crippen molar-refractivity contribution in [1.82, 2.24) is 5.32 Å². The van der Waals surface area contributed by atoms with Crippen LogP contribution in [-0.4, -0.2) is 17.6 Å². The van der Waals surface area contributed by atoms with Gasteiger partial charge in [-0.1, -0.05) is 29.3 Å². The van der Waals surface area contributed by atoms with Gasteiger partial charge in [0, 0.05) is 6.04 Å². The minimum absolute atomic E-state index is 0.184. The fraction of sp³-hybridized carbons (Fsp3) is 0.500. The van der Waals surface area contributed by atoms with Gasteiger partial charge in [-0.05, 0) is 38.8 Å². The maximum atomic E-state index is 11.0. The molecule has 3 nitrogen and oxygen atoms in total. The summed E-state index contributed by atoms with van der Waals surface area (Å²) in [5.41, 5.74) is 3.69. The van der Waals surface area contributed by atoms with Gasteiger partial charge in [0.1, 0.15) is 0 Å². The van der Waals surface area contributed by atoms with E-state index in [0.29, 0.717) is 6.42 Å². The standard InChI is InChI=1S/C14H19NO2/c1-9-5-10(2)7-12(6-9)13-8-11(14(16)17)3-4-15-13/h5-7,11,13,15H,3-4,8H2,1-2H3,(H,16,17). The maximum Gasteiger partial charge on any atom is 0.306 e. The lowest BCUT2D eigenvalue weighted by Gasteiger charge is -2.28. The predicted molar refractivity (Wildman–Crippen MR) is 67.0 cm³/mol. The normalized spacial score (nSPS) is 24.6. The van der Waals surface area contributed by atoms with Crippen molar-refractivity contribution in [3.8, 4) is 0 Å².